The maximum absolute atomic E-state index is 2.63. The standard InChI is InChI=1S/C33H37N2.2C2H6/c1-19-11-9-12-20(2)29(19)31-23(5)34-22(4)21(3)25-13-10-14-26-27-17-24(18-33(6,7)8)15-16-28(27)35(31)32(34)30(25)26;2*1-2/h9-17,21-22H,18H2,1-8H3;2*1-2H3/q+1;;. The summed E-state index contributed by atoms with van der Waals surface area (Å²) in [6.07, 6.45) is 1.07. The predicted octanol–water partition coefficient (Wildman–Crippen LogP) is 10.4. The summed E-state index contributed by atoms with van der Waals surface area (Å²) in [5, 5.41) is 4.19. The fourth-order valence-electron chi connectivity index (χ4n) is 6.72. The number of rotatable bonds is 2. The van der Waals surface area contributed by atoms with Gasteiger partial charge in [0.2, 0.25) is 0 Å². The molecule has 0 spiro atoms. The number of nitrogens with zero attached hydrogens (tertiary/aromatic N) is 2. The molecule has 0 N–H and O–H groups in total. The van der Waals surface area contributed by atoms with Gasteiger partial charge in [-0.3, -0.25) is 0 Å². The Bertz CT molecular complexity index is 1640. The first-order valence-electron chi connectivity index (χ1n) is 15.1. The number of aromatic nitrogens is 2. The molecule has 0 amide bonds. The number of aryl methyl sites for hydroxylation is 2. The van der Waals surface area contributed by atoms with Crippen LogP contribution in [0, 0.1) is 26.2 Å². The molecule has 1 aliphatic rings. The third-order valence-corrected chi connectivity index (χ3v) is 8.35. The predicted molar refractivity (Wildman–Crippen MR) is 171 cm³/mol. The summed E-state index contributed by atoms with van der Waals surface area (Å²) < 4.78 is 5.22. The van der Waals surface area contributed by atoms with Crippen LogP contribution in [0.3, 0.4) is 0 Å². The van der Waals surface area contributed by atoms with Crippen molar-refractivity contribution in [2.45, 2.75) is 101 Å². The van der Waals surface area contributed by atoms with Gasteiger partial charge in [0.15, 0.2) is 5.69 Å². The smallest absolute Gasteiger partial charge is 0.223 e. The lowest BCUT2D eigenvalue weighted by atomic mass is 9.85. The number of hydrogen-bond acceptors (Lipinski definition) is 0. The van der Waals surface area contributed by atoms with E-state index in [2.05, 4.69) is 119 Å². The first kappa shape index (κ1) is 28.9. The van der Waals surface area contributed by atoms with E-state index in [9.17, 15) is 0 Å². The van der Waals surface area contributed by atoms with Crippen LogP contribution in [0.1, 0.15) is 102 Å². The van der Waals surface area contributed by atoms with Gasteiger partial charge in [0.25, 0.3) is 5.65 Å². The molecule has 2 atom stereocenters. The van der Waals surface area contributed by atoms with E-state index in [1.54, 1.807) is 0 Å². The minimum Gasteiger partial charge on any atom is -0.223 e. The van der Waals surface area contributed by atoms with Gasteiger partial charge in [-0.2, -0.15) is 4.40 Å². The van der Waals surface area contributed by atoms with E-state index in [0.29, 0.717) is 12.0 Å². The highest BCUT2D eigenvalue weighted by Gasteiger charge is 2.39. The van der Waals surface area contributed by atoms with Gasteiger partial charge in [0.05, 0.1) is 5.39 Å². The molecule has 2 heteroatoms. The molecule has 39 heavy (non-hydrogen) atoms. The highest BCUT2D eigenvalue weighted by Crippen LogP contribution is 2.45. The van der Waals surface area contributed by atoms with Crippen molar-refractivity contribution in [1.29, 1.82) is 0 Å². The average molecular weight is 522 g/mol. The van der Waals surface area contributed by atoms with Crippen molar-refractivity contribution >= 4 is 27.3 Å². The van der Waals surface area contributed by atoms with Gasteiger partial charge >= 0.3 is 0 Å². The largest absolute Gasteiger partial charge is 0.296 e. The Hall–Kier alpha value is -3.13. The van der Waals surface area contributed by atoms with E-state index < -0.39 is 0 Å². The third-order valence-electron chi connectivity index (χ3n) is 8.35. The zero-order valence-corrected chi connectivity index (χ0v) is 26.5. The van der Waals surface area contributed by atoms with Crippen LogP contribution < -0.4 is 4.40 Å². The molecule has 3 aromatic carbocycles. The van der Waals surface area contributed by atoms with Gasteiger partial charge in [-0.05, 0) is 67.0 Å². The number of imidazole rings is 1. The fourth-order valence-corrected chi connectivity index (χ4v) is 6.72. The highest BCUT2D eigenvalue weighted by molar-refractivity contribution is 6.11. The summed E-state index contributed by atoms with van der Waals surface area (Å²) in [4.78, 5) is 0. The summed E-state index contributed by atoms with van der Waals surface area (Å²) in [7, 11) is 0. The van der Waals surface area contributed by atoms with Gasteiger partial charge in [-0.25, -0.2) is 4.57 Å². The summed E-state index contributed by atoms with van der Waals surface area (Å²) in [5.74, 6) is 0.460. The fraction of sp³-hybridized carbons (Fsp3) is 0.432. The second-order valence-electron chi connectivity index (χ2n) is 12.1. The number of fused-ring (bicyclic) bond motifs is 3. The van der Waals surface area contributed by atoms with Gasteiger partial charge in [-0.15, -0.1) is 0 Å². The van der Waals surface area contributed by atoms with E-state index in [1.807, 2.05) is 27.7 Å². The zero-order valence-electron chi connectivity index (χ0n) is 26.5. The Morgan fingerprint density at radius 3 is 2.03 bits per heavy atom. The van der Waals surface area contributed by atoms with Crippen molar-refractivity contribution in [3.8, 4) is 11.3 Å². The first-order chi connectivity index (χ1) is 18.6. The second-order valence-corrected chi connectivity index (χ2v) is 12.1. The van der Waals surface area contributed by atoms with Crippen LogP contribution in [0.25, 0.3) is 38.6 Å². The summed E-state index contributed by atoms with van der Waals surface area (Å²) >= 11 is 0. The number of benzene rings is 3. The molecule has 0 fully saturated rings. The van der Waals surface area contributed by atoms with E-state index in [-0.39, 0.29) is 5.41 Å². The molecule has 0 saturated heterocycles. The van der Waals surface area contributed by atoms with Gasteiger partial charge in [0, 0.05) is 29.2 Å². The van der Waals surface area contributed by atoms with Crippen molar-refractivity contribution in [2.24, 2.45) is 5.41 Å². The highest BCUT2D eigenvalue weighted by atomic mass is 15.2. The van der Waals surface area contributed by atoms with Crippen LogP contribution in [0.15, 0.2) is 54.6 Å². The second kappa shape index (κ2) is 10.8. The molecule has 2 nitrogen and oxygen atoms in total. The quantitative estimate of drug-likeness (QED) is 0.161. The molecule has 5 aromatic rings. The van der Waals surface area contributed by atoms with Crippen molar-refractivity contribution in [3.63, 3.8) is 0 Å². The molecule has 1 aliphatic heterocycles. The zero-order chi connectivity index (χ0) is 28.8. The van der Waals surface area contributed by atoms with E-state index >= 15 is 0 Å². The van der Waals surface area contributed by atoms with Gasteiger partial charge in [-0.1, -0.05) is 97.9 Å². The Balaban J connectivity index is 0.000000845. The molecule has 0 saturated carbocycles. The lowest BCUT2D eigenvalue weighted by molar-refractivity contribution is -0.467. The molecule has 0 aliphatic carbocycles. The minimum atomic E-state index is 0.255. The SMILES string of the molecule is CC.CC.Cc1cccc(C)c1-c1c(C)n2c3c4c(cccc4c4cc(CC(C)(C)C)ccc4[n+]13)C(C)C2C. The molecule has 2 unspecified atom stereocenters. The van der Waals surface area contributed by atoms with Crippen molar-refractivity contribution in [1.82, 2.24) is 4.57 Å². The molecular formula is C37H49N2+. The maximum atomic E-state index is 2.63. The molecule has 0 bridgehead atoms. The third kappa shape index (κ3) is 4.56. The number of hydrogen-bond donors (Lipinski definition) is 0. The van der Waals surface area contributed by atoms with Crippen LogP contribution in [0.2, 0.25) is 0 Å². The minimum absolute atomic E-state index is 0.255. The van der Waals surface area contributed by atoms with Gasteiger partial charge < -0.3 is 0 Å². The van der Waals surface area contributed by atoms with Crippen LogP contribution in [0.4, 0.5) is 0 Å². The Kier molecular flexibility index (Phi) is 7.99. The monoisotopic (exact) mass is 521 g/mol. The summed E-state index contributed by atoms with van der Waals surface area (Å²) in [6.45, 7) is 26.6. The summed E-state index contributed by atoms with van der Waals surface area (Å²) in [6, 6.07) is 21.3. The molecule has 2 aromatic heterocycles. The van der Waals surface area contributed by atoms with Gasteiger partial charge in [0.1, 0.15) is 17.3 Å². The van der Waals surface area contributed by atoms with E-state index in [1.165, 1.54) is 66.5 Å². The normalized spacial score (nSPS) is 16.3. The summed E-state index contributed by atoms with van der Waals surface area (Å²) in [5.41, 5.74) is 12.6. The molecular weight excluding hydrogens is 472 g/mol. The van der Waals surface area contributed by atoms with Crippen molar-refractivity contribution in [3.05, 3.63) is 82.5 Å². The molecule has 3 heterocycles. The number of pyridine rings is 1. The molecule has 6 rings (SSSR count). The maximum Gasteiger partial charge on any atom is 0.296 e. The Labute approximate surface area is 236 Å². The molecule has 206 valence electrons. The van der Waals surface area contributed by atoms with Crippen LogP contribution in [-0.4, -0.2) is 4.57 Å². The van der Waals surface area contributed by atoms with E-state index in [0.717, 1.165) is 6.42 Å². The van der Waals surface area contributed by atoms with Crippen LogP contribution in [0.5, 0.6) is 0 Å². The van der Waals surface area contributed by atoms with Crippen LogP contribution in [-0.2, 0) is 6.42 Å². The Morgan fingerprint density at radius 2 is 1.41 bits per heavy atom. The topological polar surface area (TPSA) is 9.03 Å². The van der Waals surface area contributed by atoms with Crippen molar-refractivity contribution in [2.75, 3.05) is 0 Å². The lowest BCUT2D eigenvalue weighted by Gasteiger charge is -2.25. The average Bonchev–Trinajstić information content (AvgIpc) is 3.21. The van der Waals surface area contributed by atoms with Crippen LogP contribution >= 0.6 is 0 Å². The Morgan fingerprint density at radius 1 is 0.795 bits per heavy atom. The van der Waals surface area contributed by atoms with Crippen molar-refractivity contribution < 1.29 is 4.40 Å². The molecule has 0 radical (unpaired) electrons. The lowest BCUT2D eigenvalue weighted by Crippen LogP contribution is -2.28. The van der Waals surface area contributed by atoms with E-state index in [4.69, 9.17) is 0 Å². The first-order valence-corrected chi connectivity index (χ1v) is 15.1.